The molecule has 16 heteroatoms. The normalized spacial score (nSPS) is 20.3. The highest BCUT2D eigenvalue weighted by atomic mass is 32.2. The molecule has 4 heterocycles. The van der Waals surface area contributed by atoms with Gasteiger partial charge in [-0.05, 0) is 6.08 Å². The lowest BCUT2D eigenvalue weighted by molar-refractivity contribution is -0.153. The maximum atomic E-state index is 12.9. The molecule has 1 fully saturated rings. The first kappa shape index (κ1) is 23.8. The molecule has 2 unspecified atom stereocenters. The van der Waals surface area contributed by atoms with Crippen molar-refractivity contribution in [1.82, 2.24) is 30.6 Å². The van der Waals surface area contributed by atoms with Crippen molar-refractivity contribution < 1.29 is 24.3 Å². The van der Waals surface area contributed by atoms with Crippen molar-refractivity contribution in [3.8, 4) is 0 Å². The molecule has 2 aromatic heterocycles. The van der Waals surface area contributed by atoms with E-state index in [1.165, 1.54) is 35.5 Å². The molecule has 2 aliphatic rings. The van der Waals surface area contributed by atoms with E-state index in [0.29, 0.717) is 21.4 Å². The van der Waals surface area contributed by atoms with E-state index in [9.17, 15) is 19.5 Å². The van der Waals surface area contributed by atoms with Crippen molar-refractivity contribution in [3.05, 3.63) is 40.0 Å². The maximum Gasteiger partial charge on any atom is 0.353 e. The Hall–Kier alpha value is -3.37. The summed E-state index contributed by atoms with van der Waals surface area (Å²) in [5.41, 5.74) is 5.60. The van der Waals surface area contributed by atoms with Crippen LogP contribution in [0.2, 0.25) is 0 Å². The van der Waals surface area contributed by atoms with Crippen LogP contribution in [0.15, 0.2) is 44.5 Å². The minimum Gasteiger partial charge on any atom is -0.477 e. The van der Waals surface area contributed by atoms with Crippen LogP contribution in [0, 0.1) is 0 Å². The number of carbonyl (C=O) groups is 3. The van der Waals surface area contributed by atoms with Gasteiger partial charge in [0.25, 0.3) is 11.8 Å². The van der Waals surface area contributed by atoms with Crippen LogP contribution >= 0.6 is 34.9 Å². The summed E-state index contributed by atoms with van der Waals surface area (Å²) in [5, 5.41) is 28.7. The average molecular weight is 523 g/mol. The van der Waals surface area contributed by atoms with E-state index in [1.807, 2.05) is 0 Å². The molecule has 1 saturated heterocycles. The number of β-lactam (4-membered cyclic amide) rings is 1. The van der Waals surface area contributed by atoms with Gasteiger partial charge in [-0.15, -0.1) is 28.2 Å². The second-order valence-corrected chi connectivity index (χ2v) is 9.76. The van der Waals surface area contributed by atoms with Crippen molar-refractivity contribution >= 4 is 63.5 Å². The number of oxime groups is 1. The summed E-state index contributed by atoms with van der Waals surface area (Å²) in [7, 11) is 1.28. The lowest BCUT2D eigenvalue weighted by Gasteiger charge is -2.49. The second kappa shape index (κ2) is 10.3. The smallest absolute Gasteiger partial charge is 0.353 e. The molecule has 0 aromatic carbocycles. The first-order chi connectivity index (χ1) is 16.4. The number of carboxylic acids is 1. The Kier molecular flexibility index (Phi) is 7.18. The number of nitrogen functional groups attached to an aromatic ring is 1. The monoisotopic (exact) mass is 522 g/mol. The number of nitrogens with zero attached hydrogens (tertiary/aromatic N) is 5. The number of thiazole rings is 1. The Morgan fingerprint density at radius 2 is 2.35 bits per heavy atom. The quantitative estimate of drug-likeness (QED) is 0.153. The number of anilines is 1. The fraction of sp³-hybridized carbons (Fsp3) is 0.278. The van der Waals surface area contributed by atoms with Crippen LogP contribution in [-0.2, 0) is 19.2 Å². The molecule has 0 aliphatic carbocycles. The molecule has 5 N–H and O–H groups in total. The average Bonchev–Trinajstić information content (AvgIpc) is 3.49. The Labute approximate surface area is 204 Å². The zero-order valence-corrected chi connectivity index (χ0v) is 19.9. The van der Waals surface area contributed by atoms with E-state index in [0.717, 1.165) is 11.3 Å². The lowest BCUT2D eigenvalue weighted by Crippen LogP contribution is -2.73. The van der Waals surface area contributed by atoms with Gasteiger partial charge in [-0.25, -0.2) is 9.78 Å². The zero-order valence-electron chi connectivity index (χ0n) is 17.5. The van der Waals surface area contributed by atoms with Gasteiger partial charge < -0.3 is 21.0 Å². The molecule has 2 amide bonds. The summed E-state index contributed by atoms with van der Waals surface area (Å²) in [5.74, 6) is -1.47. The number of rotatable bonds is 9. The number of carboxylic acid groups (broad SMARTS) is 1. The number of H-pyrrole nitrogens is 1. The van der Waals surface area contributed by atoms with E-state index < -0.39 is 29.9 Å². The fourth-order valence-corrected chi connectivity index (χ4v) is 5.65. The summed E-state index contributed by atoms with van der Waals surface area (Å²) in [6.07, 6.45) is 5.05. The van der Waals surface area contributed by atoms with Crippen LogP contribution in [-0.4, -0.2) is 84.6 Å². The number of aromatic nitrogens is 4. The highest BCUT2D eigenvalue weighted by Crippen LogP contribution is 2.39. The van der Waals surface area contributed by atoms with Crippen LogP contribution in [0.25, 0.3) is 0 Å². The molecule has 0 saturated carbocycles. The fourth-order valence-electron chi connectivity index (χ4n) is 3.30. The van der Waals surface area contributed by atoms with Crippen molar-refractivity contribution in [1.29, 1.82) is 0 Å². The summed E-state index contributed by atoms with van der Waals surface area (Å²) in [4.78, 5) is 48.0. The lowest BCUT2D eigenvalue weighted by atomic mass is 9.94. The minimum absolute atomic E-state index is 0.113. The molecular formula is C18H18N8O5S3. The molecule has 0 spiro atoms. The number of fused-ring (bicyclic) bond motifs is 1. The number of aromatic amines is 1. The number of carbonyl (C=O) groups excluding carboxylic acids is 2. The summed E-state index contributed by atoms with van der Waals surface area (Å²) < 4.78 is 0. The van der Waals surface area contributed by atoms with E-state index >= 15 is 0 Å². The van der Waals surface area contributed by atoms with Gasteiger partial charge in [0, 0.05) is 21.8 Å². The van der Waals surface area contributed by atoms with Crippen molar-refractivity contribution in [2.24, 2.45) is 5.16 Å². The van der Waals surface area contributed by atoms with Gasteiger partial charge in [0.2, 0.25) is 0 Å². The molecule has 0 bridgehead atoms. The number of thioether (sulfide) groups is 2. The van der Waals surface area contributed by atoms with Crippen LogP contribution in [0.5, 0.6) is 0 Å². The number of aliphatic carboxylic acids is 1. The molecule has 2 atom stereocenters. The molecule has 2 aromatic rings. The summed E-state index contributed by atoms with van der Waals surface area (Å²) in [6.45, 7) is 0. The standard InChI is InChI=1S/C18H18N8O5S3/c1-31-24-12(8-6-34-18(19)21-8)15(27)22-13-9-7-33-10(14(17(29)30)26(9)16(13)28)3-2-4-32-11-5-20-25-23-11/h2-3,5-6,9,13H,4,7H2,1H3,(H2,19,21)(H,22,27)(H,29,30)(H,20,23,25). The highest BCUT2D eigenvalue weighted by molar-refractivity contribution is 8.03. The van der Waals surface area contributed by atoms with Gasteiger partial charge in [-0.3, -0.25) is 14.5 Å². The topological polar surface area (TPSA) is 189 Å². The van der Waals surface area contributed by atoms with E-state index in [4.69, 9.17) is 10.6 Å². The predicted molar refractivity (Wildman–Crippen MR) is 126 cm³/mol. The van der Waals surface area contributed by atoms with Crippen molar-refractivity contribution in [2.45, 2.75) is 17.1 Å². The van der Waals surface area contributed by atoms with Gasteiger partial charge in [-0.2, -0.15) is 10.3 Å². The molecule has 178 valence electrons. The number of amides is 2. The molecule has 4 rings (SSSR count). The summed E-state index contributed by atoms with van der Waals surface area (Å²) in [6, 6.07) is -1.42. The van der Waals surface area contributed by atoms with Gasteiger partial charge in [0.1, 0.15) is 29.6 Å². The Morgan fingerprint density at radius 1 is 1.53 bits per heavy atom. The highest BCUT2D eigenvalue weighted by Gasteiger charge is 2.53. The predicted octanol–water partition coefficient (Wildman–Crippen LogP) is 0.281. The minimum atomic E-state index is -1.22. The molecule has 34 heavy (non-hydrogen) atoms. The van der Waals surface area contributed by atoms with Crippen LogP contribution in [0.3, 0.4) is 0 Å². The Balaban J connectivity index is 1.46. The van der Waals surface area contributed by atoms with Crippen molar-refractivity contribution in [3.63, 3.8) is 0 Å². The van der Waals surface area contributed by atoms with Crippen molar-refractivity contribution in [2.75, 3.05) is 24.3 Å². The number of hydrogen-bond acceptors (Lipinski definition) is 12. The van der Waals surface area contributed by atoms with Crippen LogP contribution in [0.1, 0.15) is 5.69 Å². The number of nitrogens with two attached hydrogens (primary N) is 1. The van der Waals surface area contributed by atoms with Gasteiger partial charge in [0.05, 0.1) is 12.2 Å². The molecular weight excluding hydrogens is 504 g/mol. The molecule has 13 nitrogen and oxygen atoms in total. The SMILES string of the molecule is CON=C(C(=O)NC1C(=O)N2C(C(=O)O)=C(C=CCSc3cn[nH]n3)SCC12)c1csc(N)n1. The van der Waals surface area contributed by atoms with E-state index in [2.05, 4.69) is 30.9 Å². The van der Waals surface area contributed by atoms with E-state index in [1.54, 1.807) is 23.7 Å². The maximum absolute atomic E-state index is 12.9. The number of nitrogens with one attached hydrogen (secondary N) is 2. The zero-order chi connectivity index (χ0) is 24.2. The third-order valence-corrected chi connectivity index (χ3v) is 7.42. The number of allylic oxidation sites excluding steroid dienone is 1. The third-order valence-electron chi connectivity index (χ3n) is 4.74. The summed E-state index contributed by atoms with van der Waals surface area (Å²) >= 11 is 3.85. The first-order valence-corrected chi connectivity index (χ1v) is 12.5. The van der Waals surface area contributed by atoms with Gasteiger partial charge in [0.15, 0.2) is 10.8 Å². The second-order valence-electron chi connectivity index (χ2n) is 6.77. The van der Waals surface area contributed by atoms with Crippen LogP contribution < -0.4 is 11.1 Å². The van der Waals surface area contributed by atoms with E-state index in [-0.39, 0.29) is 22.2 Å². The molecule has 0 radical (unpaired) electrons. The first-order valence-electron chi connectivity index (χ1n) is 9.62. The number of hydrogen-bond donors (Lipinski definition) is 4. The van der Waals surface area contributed by atoms with Gasteiger partial charge >= 0.3 is 5.97 Å². The molecule has 2 aliphatic heterocycles. The third kappa shape index (κ3) is 4.78. The van der Waals surface area contributed by atoms with Gasteiger partial charge in [-0.1, -0.05) is 23.0 Å². The van der Waals surface area contributed by atoms with Crippen LogP contribution in [0.4, 0.5) is 5.13 Å². The Morgan fingerprint density at radius 3 is 3.00 bits per heavy atom. The Bertz CT molecular complexity index is 1190. The largest absolute Gasteiger partial charge is 0.477 e.